The number of benzene rings is 1. The van der Waals surface area contributed by atoms with Gasteiger partial charge in [0, 0.05) is 18.7 Å². The minimum Gasteiger partial charge on any atom is -0.398 e. The second-order valence-corrected chi connectivity index (χ2v) is 5.84. The summed E-state index contributed by atoms with van der Waals surface area (Å²) in [6, 6.07) is 4.68. The zero-order valence-electron chi connectivity index (χ0n) is 10.8. The van der Waals surface area contributed by atoms with Gasteiger partial charge < -0.3 is 15.6 Å². The van der Waals surface area contributed by atoms with Crippen LogP contribution in [0, 0.1) is 0 Å². The number of nitrogen functional groups attached to an aromatic ring is 1. The molecule has 4 N–H and O–H groups in total. The number of hydrogen-bond donors (Lipinski definition) is 3. The molecule has 0 unspecified atom stereocenters. The Morgan fingerprint density at radius 1 is 1.40 bits per heavy atom. The summed E-state index contributed by atoms with van der Waals surface area (Å²) >= 11 is 0. The van der Waals surface area contributed by atoms with Crippen LogP contribution in [0.4, 0.5) is 11.4 Å². The lowest BCUT2D eigenvalue weighted by Crippen LogP contribution is -2.20. The van der Waals surface area contributed by atoms with Crippen LogP contribution in [0.15, 0.2) is 34.0 Å². The van der Waals surface area contributed by atoms with E-state index in [0.717, 1.165) is 5.69 Å². The third-order valence-electron chi connectivity index (χ3n) is 2.65. The van der Waals surface area contributed by atoms with Crippen molar-refractivity contribution >= 4 is 21.4 Å². The first-order valence-corrected chi connectivity index (χ1v) is 7.33. The smallest absolute Gasteiger partial charge is 0.242 e. The molecule has 9 heteroatoms. The van der Waals surface area contributed by atoms with Crippen LogP contribution in [-0.2, 0) is 16.4 Å². The molecule has 0 fully saturated rings. The molecular formula is C11H15N5O3S. The van der Waals surface area contributed by atoms with Crippen LogP contribution in [-0.4, -0.2) is 32.2 Å². The van der Waals surface area contributed by atoms with Gasteiger partial charge in [0.05, 0.1) is 5.69 Å². The van der Waals surface area contributed by atoms with Gasteiger partial charge in [-0.2, -0.15) is 4.98 Å². The average molecular weight is 297 g/mol. The van der Waals surface area contributed by atoms with Gasteiger partial charge in [0.2, 0.25) is 16.4 Å². The molecule has 0 aliphatic carbocycles. The second-order valence-electron chi connectivity index (χ2n) is 3.98. The van der Waals surface area contributed by atoms with Gasteiger partial charge in [0.1, 0.15) is 4.90 Å². The van der Waals surface area contributed by atoms with Crippen LogP contribution in [0.2, 0.25) is 0 Å². The van der Waals surface area contributed by atoms with Gasteiger partial charge in [-0.05, 0) is 25.2 Å². The first-order valence-electron chi connectivity index (χ1n) is 5.85. The van der Waals surface area contributed by atoms with Gasteiger partial charge in [-0.25, -0.2) is 13.1 Å². The highest BCUT2D eigenvalue weighted by molar-refractivity contribution is 7.89. The van der Waals surface area contributed by atoms with Gasteiger partial charge in [-0.3, -0.25) is 0 Å². The number of anilines is 2. The fourth-order valence-corrected chi connectivity index (χ4v) is 2.47. The van der Waals surface area contributed by atoms with Crippen molar-refractivity contribution in [1.29, 1.82) is 0 Å². The summed E-state index contributed by atoms with van der Waals surface area (Å²) in [6.07, 6.45) is 1.86. The highest BCUT2D eigenvalue weighted by atomic mass is 32.2. The number of aromatic nitrogens is 2. The van der Waals surface area contributed by atoms with Crippen LogP contribution in [0.25, 0.3) is 0 Å². The van der Waals surface area contributed by atoms with Crippen LogP contribution in [0.3, 0.4) is 0 Å². The van der Waals surface area contributed by atoms with E-state index in [2.05, 4.69) is 24.7 Å². The molecule has 0 atom stereocenters. The first kappa shape index (κ1) is 14.3. The molecule has 1 aromatic carbocycles. The van der Waals surface area contributed by atoms with E-state index in [1.807, 2.05) is 0 Å². The molecule has 1 aromatic heterocycles. The van der Waals surface area contributed by atoms with Crippen LogP contribution in [0.5, 0.6) is 0 Å². The van der Waals surface area contributed by atoms with Crippen molar-refractivity contribution in [3.8, 4) is 0 Å². The molecule has 0 saturated heterocycles. The van der Waals surface area contributed by atoms with Gasteiger partial charge in [-0.1, -0.05) is 5.16 Å². The maximum atomic E-state index is 11.7. The largest absolute Gasteiger partial charge is 0.398 e. The van der Waals surface area contributed by atoms with Crippen molar-refractivity contribution in [3.63, 3.8) is 0 Å². The summed E-state index contributed by atoms with van der Waals surface area (Å²) in [5.74, 6) is 0.597. The van der Waals surface area contributed by atoms with Crippen molar-refractivity contribution in [2.75, 3.05) is 24.6 Å². The molecule has 0 aliphatic rings. The third-order valence-corrected chi connectivity index (χ3v) is 4.14. The molecule has 2 aromatic rings. The number of nitrogens with one attached hydrogen (secondary N) is 2. The van der Waals surface area contributed by atoms with E-state index in [-0.39, 0.29) is 10.6 Å². The molecule has 0 saturated carbocycles. The lowest BCUT2D eigenvalue weighted by molar-refractivity contribution is 0.410. The summed E-state index contributed by atoms with van der Waals surface area (Å²) in [4.78, 5) is 3.95. The molecule has 0 amide bonds. The lowest BCUT2D eigenvalue weighted by Gasteiger charge is -2.09. The highest BCUT2D eigenvalue weighted by Crippen LogP contribution is 2.22. The fraction of sp³-hybridized carbons (Fsp3) is 0.273. The normalized spacial score (nSPS) is 11.4. The predicted octanol–water partition coefficient (Wildman–Crippen LogP) is 0.214. The molecule has 20 heavy (non-hydrogen) atoms. The molecule has 1 heterocycles. The Hall–Kier alpha value is -2.13. The Morgan fingerprint density at radius 3 is 2.80 bits per heavy atom. The SMILES string of the molecule is CNS(=O)(=O)c1ccc(NCCc2ncon2)cc1N. The Labute approximate surface area is 116 Å². The van der Waals surface area contributed by atoms with E-state index < -0.39 is 10.0 Å². The van der Waals surface area contributed by atoms with Gasteiger partial charge in [-0.15, -0.1) is 0 Å². The van der Waals surface area contributed by atoms with Gasteiger partial charge >= 0.3 is 0 Å². The number of rotatable bonds is 6. The Kier molecular flexibility index (Phi) is 4.20. The Bertz CT molecular complexity index is 669. The minimum atomic E-state index is -3.54. The zero-order valence-corrected chi connectivity index (χ0v) is 11.6. The molecule has 0 aliphatic heterocycles. The van der Waals surface area contributed by atoms with Gasteiger partial charge in [0.25, 0.3) is 0 Å². The van der Waals surface area contributed by atoms with E-state index in [1.165, 1.54) is 19.5 Å². The van der Waals surface area contributed by atoms with Crippen molar-refractivity contribution in [3.05, 3.63) is 30.4 Å². The Balaban J connectivity index is 2.02. The summed E-state index contributed by atoms with van der Waals surface area (Å²) < 4.78 is 30.2. The van der Waals surface area contributed by atoms with E-state index in [9.17, 15) is 8.42 Å². The Morgan fingerprint density at radius 2 is 2.20 bits per heavy atom. The highest BCUT2D eigenvalue weighted by Gasteiger charge is 2.15. The van der Waals surface area contributed by atoms with E-state index in [4.69, 9.17) is 5.73 Å². The molecule has 8 nitrogen and oxygen atoms in total. The maximum absolute atomic E-state index is 11.7. The van der Waals surface area contributed by atoms with E-state index in [1.54, 1.807) is 12.1 Å². The fourth-order valence-electron chi connectivity index (χ4n) is 1.63. The lowest BCUT2D eigenvalue weighted by atomic mass is 10.2. The van der Waals surface area contributed by atoms with Crippen LogP contribution >= 0.6 is 0 Å². The molecule has 0 spiro atoms. The van der Waals surface area contributed by atoms with Crippen molar-refractivity contribution < 1.29 is 12.9 Å². The third kappa shape index (κ3) is 3.25. The van der Waals surface area contributed by atoms with E-state index in [0.29, 0.717) is 18.8 Å². The van der Waals surface area contributed by atoms with Crippen molar-refractivity contribution in [2.45, 2.75) is 11.3 Å². The zero-order chi connectivity index (χ0) is 14.6. The summed E-state index contributed by atoms with van der Waals surface area (Å²) in [5.41, 5.74) is 6.66. The van der Waals surface area contributed by atoms with Crippen molar-refractivity contribution in [2.24, 2.45) is 0 Å². The maximum Gasteiger partial charge on any atom is 0.242 e. The number of nitrogens with zero attached hydrogens (tertiary/aromatic N) is 2. The predicted molar refractivity (Wildman–Crippen MR) is 73.6 cm³/mol. The summed E-state index contributed by atoms with van der Waals surface area (Å²) in [5, 5.41) is 6.79. The monoisotopic (exact) mass is 297 g/mol. The number of sulfonamides is 1. The molecular weight excluding hydrogens is 282 g/mol. The molecule has 0 radical (unpaired) electrons. The molecule has 0 bridgehead atoms. The quantitative estimate of drug-likeness (QED) is 0.651. The number of hydrogen-bond acceptors (Lipinski definition) is 7. The summed E-state index contributed by atoms with van der Waals surface area (Å²) in [6.45, 7) is 0.580. The standard InChI is InChI=1S/C11H15N5O3S/c1-13-20(17,18)10-3-2-8(6-9(10)12)14-5-4-11-15-7-19-16-11/h2-3,6-7,13-14H,4-5,12H2,1H3. The summed E-state index contributed by atoms with van der Waals surface area (Å²) in [7, 11) is -2.20. The van der Waals surface area contributed by atoms with Crippen LogP contribution in [0.1, 0.15) is 5.82 Å². The average Bonchev–Trinajstić information content (AvgIpc) is 2.92. The minimum absolute atomic E-state index is 0.0590. The van der Waals surface area contributed by atoms with Crippen LogP contribution < -0.4 is 15.8 Å². The number of nitrogens with two attached hydrogens (primary N) is 1. The second kappa shape index (κ2) is 5.88. The molecule has 108 valence electrons. The molecule has 2 rings (SSSR count). The topological polar surface area (TPSA) is 123 Å². The van der Waals surface area contributed by atoms with E-state index >= 15 is 0 Å². The first-order chi connectivity index (χ1) is 9.53. The van der Waals surface area contributed by atoms with Gasteiger partial charge in [0.15, 0.2) is 5.82 Å². The van der Waals surface area contributed by atoms with Crippen molar-refractivity contribution in [1.82, 2.24) is 14.9 Å².